The van der Waals surface area contributed by atoms with Crippen LogP contribution in [0.5, 0.6) is 0 Å². The van der Waals surface area contributed by atoms with E-state index in [1.807, 2.05) is 38.3 Å². The first-order valence-corrected chi connectivity index (χ1v) is 7.87. The zero-order chi connectivity index (χ0) is 15.1. The van der Waals surface area contributed by atoms with Gasteiger partial charge in [-0.05, 0) is 37.3 Å². The van der Waals surface area contributed by atoms with E-state index < -0.39 is 5.97 Å². The fourth-order valence-corrected chi connectivity index (χ4v) is 2.46. The van der Waals surface area contributed by atoms with Crippen LogP contribution in [0.4, 0.5) is 0 Å². The molecule has 0 heterocycles. The van der Waals surface area contributed by atoms with E-state index in [0.717, 1.165) is 16.9 Å². The number of carboxylic acid groups (broad SMARTS) is 1. The Bertz CT molecular complexity index is 488. The molecule has 110 valence electrons. The van der Waals surface area contributed by atoms with Crippen LogP contribution in [0.25, 0.3) is 0 Å². The molecule has 2 N–H and O–H groups in total. The standard InChI is InChI=1S/C15H21NO3S/c1-4-5-11(8-14(17)18)16-15(19)13-9-12(20-3)7-6-10(13)2/h6-7,9,11H,4-5,8H2,1-3H3,(H,16,19)(H,17,18). The van der Waals surface area contributed by atoms with Gasteiger partial charge in [-0.2, -0.15) is 0 Å². The summed E-state index contributed by atoms with van der Waals surface area (Å²) in [4.78, 5) is 24.1. The molecule has 0 saturated heterocycles. The molecule has 5 heteroatoms. The second-order valence-electron chi connectivity index (χ2n) is 4.74. The maximum Gasteiger partial charge on any atom is 0.305 e. The van der Waals surface area contributed by atoms with E-state index >= 15 is 0 Å². The summed E-state index contributed by atoms with van der Waals surface area (Å²) in [6.07, 6.45) is 3.42. The molecule has 0 radical (unpaired) electrons. The number of carbonyl (C=O) groups excluding carboxylic acids is 1. The molecular weight excluding hydrogens is 274 g/mol. The van der Waals surface area contributed by atoms with Crippen LogP contribution in [0.1, 0.15) is 42.1 Å². The van der Waals surface area contributed by atoms with Gasteiger partial charge in [0.05, 0.1) is 6.42 Å². The number of carbonyl (C=O) groups is 2. The third-order valence-corrected chi connectivity index (χ3v) is 3.81. The van der Waals surface area contributed by atoms with E-state index in [4.69, 9.17) is 5.11 Å². The minimum Gasteiger partial charge on any atom is -0.481 e. The lowest BCUT2D eigenvalue weighted by atomic mass is 10.1. The second kappa shape index (κ2) is 7.94. The van der Waals surface area contributed by atoms with Crippen LogP contribution in [0.3, 0.4) is 0 Å². The number of carboxylic acids is 1. The molecule has 1 unspecified atom stereocenters. The normalized spacial score (nSPS) is 11.9. The van der Waals surface area contributed by atoms with Crippen molar-refractivity contribution in [3.8, 4) is 0 Å². The van der Waals surface area contributed by atoms with Gasteiger partial charge in [0.2, 0.25) is 0 Å². The lowest BCUT2D eigenvalue weighted by Gasteiger charge is -2.17. The van der Waals surface area contributed by atoms with Gasteiger partial charge in [0.1, 0.15) is 0 Å². The number of amides is 1. The van der Waals surface area contributed by atoms with Gasteiger partial charge in [0.15, 0.2) is 0 Å². The highest BCUT2D eigenvalue weighted by Crippen LogP contribution is 2.19. The van der Waals surface area contributed by atoms with Gasteiger partial charge in [-0.25, -0.2) is 0 Å². The minimum atomic E-state index is -0.890. The molecule has 1 rings (SSSR count). The molecule has 1 atom stereocenters. The Kier molecular flexibility index (Phi) is 6.58. The van der Waals surface area contributed by atoms with Crippen molar-refractivity contribution in [1.29, 1.82) is 0 Å². The van der Waals surface area contributed by atoms with Crippen molar-refractivity contribution in [2.75, 3.05) is 6.26 Å². The number of thioether (sulfide) groups is 1. The Morgan fingerprint density at radius 1 is 1.40 bits per heavy atom. The summed E-state index contributed by atoms with van der Waals surface area (Å²) in [5.74, 6) is -1.09. The summed E-state index contributed by atoms with van der Waals surface area (Å²) in [6, 6.07) is 5.41. The van der Waals surface area contributed by atoms with Gasteiger partial charge >= 0.3 is 5.97 Å². The van der Waals surface area contributed by atoms with Crippen molar-refractivity contribution < 1.29 is 14.7 Å². The number of hydrogen-bond donors (Lipinski definition) is 2. The van der Waals surface area contributed by atoms with Crippen molar-refractivity contribution in [3.05, 3.63) is 29.3 Å². The number of nitrogens with one attached hydrogen (secondary N) is 1. The predicted octanol–water partition coefficient (Wildman–Crippen LogP) is 3.09. The summed E-state index contributed by atoms with van der Waals surface area (Å²) < 4.78 is 0. The van der Waals surface area contributed by atoms with Gasteiger partial charge in [0.25, 0.3) is 5.91 Å². The van der Waals surface area contributed by atoms with Crippen LogP contribution in [-0.4, -0.2) is 29.3 Å². The molecule has 0 spiro atoms. The summed E-state index contributed by atoms with van der Waals surface area (Å²) in [7, 11) is 0. The van der Waals surface area contributed by atoms with Crippen molar-refractivity contribution in [2.45, 2.75) is 44.0 Å². The Hall–Kier alpha value is -1.49. The van der Waals surface area contributed by atoms with Crippen molar-refractivity contribution in [2.24, 2.45) is 0 Å². The van der Waals surface area contributed by atoms with Gasteiger partial charge in [-0.15, -0.1) is 11.8 Å². The Morgan fingerprint density at radius 3 is 2.65 bits per heavy atom. The molecule has 4 nitrogen and oxygen atoms in total. The van der Waals surface area contributed by atoms with E-state index in [1.54, 1.807) is 11.8 Å². The van der Waals surface area contributed by atoms with Gasteiger partial charge in [0, 0.05) is 16.5 Å². The van der Waals surface area contributed by atoms with Crippen molar-refractivity contribution in [3.63, 3.8) is 0 Å². The molecule has 0 saturated carbocycles. The maximum atomic E-state index is 12.3. The number of aliphatic carboxylic acids is 1. The SMILES string of the molecule is CCCC(CC(=O)O)NC(=O)c1cc(SC)ccc1C. The number of hydrogen-bond acceptors (Lipinski definition) is 3. The van der Waals surface area contributed by atoms with Crippen molar-refractivity contribution in [1.82, 2.24) is 5.32 Å². The van der Waals surface area contributed by atoms with Crippen LogP contribution >= 0.6 is 11.8 Å². The molecule has 0 aliphatic carbocycles. The number of aryl methyl sites for hydroxylation is 1. The lowest BCUT2D eigenvalue weighted by molar-refractivity contribution is -0.137. The molecule has 1 aromatic carbocycles. The first-order valence-electron chi connectivity index (χ1n) is 6.65. The second-order valence-corrected chi connectivity index (χ2v) is 5.62. The number of benzene rings is 1. The predicted molar refractivity (Wildman–Crippen MR) is 81.4 cm³/mol. The maximum absolute atomic E-state index is 12.3. The average Bonchev–Trinajstić information content (AvgIpc) is 2.38. The molecule has 1 amide bonds. The Balaban J connectivity index is 2.85. The van der Waals surface area contributed by atoms with Crippen LogP contribution in [-0.2, 0) is 4.79 Å². The van der Waals surface area contributed by atoms with Crippen LogP contribution in [0.2, 0.25) is 0 Å². The van der Waals surface area contributed by atoms with Gasteiger partial charge in [-0.1, -0.05) is 19.4 Å². The lowest BCUT2D eigenvalue weighted by Crippen LogP contribution is -2.36. The van der Waals surface area contributed by atoms with E-state index in [1.165, 1.54) is 0 Å². The molecule has 20 heavy (non-hydrogen) atoms. The first kappa shape index (κ1) is 16.6. The highest BCUT2D eigenvalue weighted by atomic mass is 32.2. The third-order valence-electron chi connectivity index (χ3n) is 3.08. The smallest absolute Gasteiger partial charge is 0.305 e. The molecule has 1 aromatic rings. The zero-order valence-electron chi connectivity index (χ0n) is 12.1. The monoisotopic (exact) mass is 295 g/mol. The minimum absolute atomic E-state index is 0.0408. The molecule has 0 bridgehead atoms. The zero-order valence-corrected chi connectivity index (χ0v) is 12.9. The van der Waals surface area contributed by atoms with E-state index in [2.05, 4.69) is 5.32 Å². The molecule has 0 aromatic heterocycles. The van der Waals surface area contributed by atoms with Crippen LogP contribution in [0.15, 0.2) is 23.1 Å². The van der Waals surface area contributed by atoms with E-state index in [9.17, 15) is 9.59 Å². The van der Waals surface area contributed by atoms with Gasteiger partial charge < -0.3 is 10.4 Å². The summed E-state index contributed by atoms with van der Waals surface area (Å²) >= 11 is 1.57. The summed E-state index contributed by atoms with van der Waals surface area (Å²) in [5.41, 5.74) is 1.51. The average molecular weight is 295 g/mol. The first-order chi connectivity index (χ1) is 9.47. The molecule has 0 aliphatic heterocycles. The highest BCUT2D eigenvalue weighted by Gasteiger charge is 2.17. The molecule has 0 aliphatic rings. The fraction of sp³-hybridized carbons (Fsp3) is 0.467. The third kappa shape index (κ3) is 4.89. The van der Waals surface area contributed by atoms with E-state index in [-0.39, 0.29) is 18.4 Å². The molecule has 0 fully saturated rings. The Labute approximate surface area is 124 Å². The largest absolute Gasteiger partial charge is 0.481 e. The fourth-order valence-electron chi connectivity index (χ4n) is 2.02. The van der Waals surface area contributed by atoms with Crippen molar-refractivity contribution >= 4 is 23.6 Å². The highest BCUT2D eigenvalue weighted by molar-refractivity contribution is 7.98. The molecular formula is C15H21NO3S. The summed E-state index contributed by atoms with van der Waals surface area (Å²) in [6.45, 7) is 3.85. The topological polar surface area (TPSA) is 66.4 Å². The summed E-state index contributed by atoms with van der Waals surface area (Å²) in [5, 5.41) is 11.7. The van der Waals surface area contributed by atoms with Crippen LogP contribution in [0, 0.1) is 6.92 Å². The van der Waals surface area contributed by atoms with Gasteiger partial charge in [-0.3, -0.25) is 9.59 Å². The van der Waals surface area contributed by atoms with E-state index in [0.29, 0.717) is 12.0 Å². The Morgan fingerprint density at radius 2 is 2.10 bits per heavy atom. The number of rotatable bonds is 7. The van der Waals surface area contributed by atoms with Crippen LogP contribution < -0.4 is 5.32 Å². The quantitative estimate of drug-likeness (QED) is 0.759.